The second-order valence-corrected chi connectivity index (χ2v) is 6.16. The van der Waals surface area contributed by atoms with Crippen molar-refractivity contribution in [1.82, 2.24) is 15.3 Å². The Bertz CT molecular complexity index is 583. The third-order valence-electron chi connectivity index (χ3n) is 3.18. The highest BCUT2D eigenvalue weighted by atomic mass is 32.2. The van der Waals surface area contributed by atoms with Crippen LogP contribution in [0.25, 0.3) is 0 Å². The van der Waals surface area contributed by atoms with Gasteiger partial charge >= 0.3 is 0 Å². The van der Waals surface area contributed by atoms with Gasteiger partial charge in [0.05, 0.1) is 6.33 Å². The van der Waals surface area contributed by atoms with Crippen molar-refractivity contribution < 1.29 is 4.39 Å². The van der Waals surface area contributed by atoms with E-state index in [0.29, 0.717) is 12.5 Å². The lowest BCUT2D eigenvalue weighted by Crippen LogP contribution is -2.33. The van der Waals surface area contributed by atoms with Crippen molar-refractivity contribution in [2.45, 2.75) is 18.6 Å². The summed E-state index contributed by atoms with van der Waals surface area (Å²) in [5, 5.41) is 3.10. The molecule has 4 N–H and O–H groups in total. The van der Waals surface area contributed by atoms with E-state index in [1.165, 1.54) is 12.1 Å². The predicted molar refractivity (Wildman–Crippen MR) is 94.0 cm³/mol. The summed E-state index contributed by atoms with van der Waals surface area (Å²) in [5.74, 6) is 2.07. The molecule has 0 saturated heterocycles. The normalized spacial score (nSPS) is 11.6. The molecular formula is C16H22FN5S. The number of imidazole rings is 1. The van der Waals surface area contributed by atoms with E-state index in [2.05, 4.69) is 20.3 Å². The Morgan fingerprint density at radius 1 is 1.35 bits per heavy atom. The van der Waals surface area contributed by atoms with Gasteiger partial charge in [0.25, 0.3) is 0 Å². The Morgan fingerprint density at radius 2 is 2.17 bits per heavy atom. The molecule has 0 bridgehead atoms. The molecule has 2 rings (SSSR count). The van der Waals surface area contributed by atoms with Crippen LogP contribution in [0.2, 0.25) is 0 Å². The van der Waals surface area contributed by atoms with Crippen LogP contribution in [0, 0.1) is 5.82 Å². The highest BCUT2D eigenvalue weighted by Crippen LogP contribution is 2.11. The number of rotatable bonds is 9. The number of thioether (sulfide) groups is 1. The largest absolute Gasteiger partial charge is 0.370 e. The van der Waals surface area contributed by atoms with Crippen LogP contribution in [0.3, 0.4) is 0 Å². The third-order valence-corrected chi connectivity index (χ3v) is 4.21. The standard InChI is InChI=1S/C16H22FN5S/c17-14-5-3-13(4-6-14)11-23-9-8-21-16(18)20-7-1-2-15-10-19-12-22-15/h3-6,10,12H,1-2,7-9,11H2,(H,19,22)(H3,18,20,21). The topological polar surface area (TPSA) is 79.1 Å². The first-order valence-electron chi connectivity index (χ1n) is 7.57. The molecule has 1 aromatic heterocycles. The number of guanidine groups is 1. The van der Waals surface area contributed by atoms with Crippen LogP contribution in [0.1, 0.15) is 17.7 Å². The fraction of sp³-hybridized carbons (Fsp3) is 0.375. The zero-order valence-corrected chi connectivity index (χ0v) is 13.8. The Kier molecular flexibility index (Phi) is 7.45. The second-order valence-electron chi connectivity index (χ2n) is 5.05. The summed E-state index contributed by atoms with van der Waals surface area (Å²) in [6.45, 7) is 1.46. The molecule has 0 aliphatic rings. The minimum atomic E-state index is -0.197. The van der Waals surface area contributed by atoms with Crippen molar-refractivity contribution in [2.24, 2.45) is 10.7 Å². The van der Waals surface area contributed by atoms with Gasteiger partial charge in [-0.05, 0) is 30.5 Å². The summed E-state index contributed by atoms with van der Waals surface area (Å²) in [6.07, 6.45) is 5.36. The third kappa shape index (κ3) is 7.19. The van der Waals surface area contributed by atoms with Gasteiger partial charge in [-0.1, -0.05) is 12.1 Å². The van der Waals surface area contributed by atoms with Crippen molar-refractivity contribution >= 4 is 17.7 Å². The first-order valence-corrected chi connectivity index (χ1v) is 8.73. The van der Waals surface area contributed by atoms with Gasteiger partial charge < -0.3 is 16.0 Å². The number of hydrogen-bond donors (Lipinski definition) is 3. The summed E-state index contributed by atoms with van der Waals surface area (Å²) in [6, 6.07) is 6.60. The van der Waals surface area contributed by atoms with Crippen molar-refractivity contribution in [3.8, 4) is 0 Å². The van der Waals surface area contributed by atoms with E-state index >= 15 is 0 Å². The van der Waals surface area contributed by atoms with E-state index in [-0.39, 0.29) is 5.82 Å². The molecular weight excluding hydrogens is 313 g/mol. The summed E-state index contributed by atoms with van der Waals surface area (Å²) >= 11 is 1.77. The number of aromatic amines is 1. The van der Waals surface area contributed by atoms with E-state index in [1.54, 1.807) is 18.1 Å². The fourth-order valence-corrected chi connectivity index (χ4v) is 2.79. The van der Waals surface area contributed by atoms with Crippen LogP contribution in [0.15, 0.2) is 41.8 Å². The number of nitrogens with one attached hydrogen (secondary N) is 2. The van der Waals surface area contributed by atoms with Gasteiger partial charge in [0.15, 0.2) is 5.96 Å². The molecule has 0 fully saturated rings. The number of aliphatic imine (C=N–C) groups is 1. The van der Waals surface area contributed by atoms with Gasteiger partial charge in [-0.3, -0.25) is 4.99 Å². The van der Waals surface area contributed by atoms with Crippen molar-refractivity contribution in [2.75, 3.05) is 18.8 Å². The SMILES string of the molecule is NC(=NCCCc1cnc[nH]1)NCCSCc1ccc(F)cc1. The minimum absolute atomic E-state index is 0.197. The molecule has 0 aliphatic carbocycles. The molecule has 0 aliphatic heterocycles. The summed E-state index contributed by atoms with van der Waals surface area (Å²) in [4.78, 5) is 11.3. The van der Waals surface area contributed by atoms with E-state index in [9.17, 15) is 4.39 Å². The zero-order chi connectivity index (χ0) is 16.3. The van der Waals surface area contributed by atoms with Gasteiger partial charge in [-0.15, -0.1) is 0 Å². The molecule has 7 heteroatoms. The summed E-state index contributed by atoms with van der Waals surface area (Å²) < 4.78 is 12.8. The molecule has 23 heavy (non-hydrogen) atoms. The number of hydrogen-bond acceptors (Lipinski definition) is 3. The highest BCUT2D eigenvalue weighted by Gasteiger charge is 1.97. The van der Waals surface area contributed by atoms with Gasteiger partial charge in [0.1, 0.15) is 5.82 Å². The number of nitrogens with zero attached hydrogens (tertiary/aromatic N) is 2. The first kappa shape index (κ1) is 17.3. The number of benzene rings is 1. The molecule has 124 valence electrons. The fourth-order valence-electron chi connectivity index (χ4n) is 1.97. The van der Waals surface area contributed by atoms with Gasteiger partial charge in [0.2, 0.25) is 0 Å². The number of nitrogens with two attached hydrogens (primary N) is 1. The highest BCUT2D eigenvalue weighted by molar-refractivity contribution is 7.98. The molecule has 2 aromatic rings. The second kappa shape index (κ2) is 9.89. The van der Waals surface area contributed by atoms with Crippen LogP contribution >= 0.6 is 11.8 Å². The van der Waals surface area contributed by atoms with Crippen molar-refractivity contribution in [3.63, 3.8) is 0 Å². The smallest absolute Gasteiger partial charge is 0.188 e. The summed E-state index contributed by atoms with van der Waals surface area (Å²) in [5.41, 5.74) is 8.05. The lowest BCUT2D eigenvalue weighted by atomic mass is 10.2. The zero-order valence-electron chi connectivity index (χ0n) is 13.0. The summed E-state index contributed by atoms with van der Waals surface area (Å²) in [7, 11) is 0. The molecule has 0 amide bonds. The number of halogens is 1. The molecule has 1 heterocycles. The number of aromatic nitrogens is 2. The van der Waals surface area contributed by atoms with Gasteiger partial charge in [-0.25, -0.2) is 9.37 Å². The maximum absolute atomic E-state index is 12.8. The van der Waals surface area contributed by atoms with E-state index in [0.717, 1.165) is 42.1 Å². The monoisotopic (exact) mass is 335 g/mol. The van der Waals surface area contributed by atoms with Crippen LogP contribution in [0.4, 0.5) is 4.39 Å². The van der Waals surface area contributed by atoms with Gasteiger partial charge in [-0.2, -0.15) is 11.8 Å². The van der Waals surface area contributed by atoms with Crippen molar-refractivity contribution in [1.29, 1.82) is 0 Å². The van der Waals surface area contributed by atoms with Crippen LogP contribution in [-0.2, 0) is 12.2 Å². The van der Waals surface area contributed by atoms with Crippen LogP contribution < -0.4 is 11.1 Å². The number of H-pyrrole nitrogens is 1. The molecule has 0 spiro atoms. The quantitative estimate of drug-likeness (QED) is 0.373. The molecule has 0 unspecified atom stereocenters. The minimum Gasteiger partial charge on any atom is -0.370 e. The van der Waals surface area contributed by atoms with Gasteiger partial charge in [0, 0.05) is 36.5 Å². The Hall–Kier alpha value is -2.02. The predicted octanol–water partition coefficient (Wildman–Crippen LogP) is 2.32. The maximum Gasteiger partial charge on any atom is 0.188 e. The molecule has 1 aromatic carbocycles. The molecule has 0 radical (unpaired) electrons. The molecule has 0 atom stereocenters. The lowest BCUT2D eigenvalue weighted by molar-refractivity contribution is 0.627. The average Bonchev–Trinajstić information content (AvgIpc) is 3.06. The first-order chi connectivity index (χ1) is 11.2. The number of aryl methyl sites for hydroxylation is 1. The maximum atomic E-state index is 12.8. The van der Waals surface area contributed by atoms with E-state index in [1.807, 2.05) is 18.3 Å². The Balaban J connectivity index is 1.51. The van der Waals surface area contributed by atoms with E-state index < -0.39 is 0 Å². The average molecular weight is 335 g/mol. The molecule has 0 saturated carbocycles. The Labute approximate surface area is 140 Å². The van der Waals surface area contributed by atoms with E-state index in [4.69, 9.17) is 5.73 Å². The molecule has 5 nitrogen and oxygen atoms in total. The van der Waals surface area contributed by atoms with Crippen molar-refractivity contribution in [3.05, 3.63) is 53.9 Å². The van der Waals surface area contributed by atoms with Crippen LogP contribution in [0.5, 0.6) is 0 Å². The Morgan fingerprint density at radius 3 is 2.91 bits per heavy atom. The van der Waals surface area contributed by atoms with Crippen LogP contribution in [-0.4, -0.2) is 34.8 Å². The lowest BCUT2D eigenvalue weighted by Gasteiger charge is -2.06.